The molecule has 0 aromatic rings. The fraction of sp³-hybridized carbons (Fsp3) is 0.732. The summed E-state index contributed by atoms with van der Waals surface area (Å²) in [5, 5.41) is 9.73. The Hall–Kier alpha value is -3.79. The molecule has 0 saturated carbocycles. The first-order valence-corrected chi connectivity index (χ1v) is 32.9. The van der Waals surface area contributed by atoms with Crippen molar-refractivity contribution in [2.24, 2.45) is 0 Å². The third-order valence-corrected chi connectivity index (χ3v) is 14.1. The van der Waals surface area contributed by atoms with Crippen molar-refractivity contribution in [1.29, 1.82) is 0 Å². The van der Waals surface area contributed by atoms with E-state index in [-0.39, 0.29) is 32.2 Å². The van der Waals surface area contributed by atoms with E-state index in [0.29, 0.717) is 23.9 Å². The molecular weight excluding hydrogens is 995 g/mol. The molecule has 0 bridgehead atoms. The topological polar surface area (TPSA) is 108 Å². The molecule has 460 valence electrons. The van der Waals surface area contributed by atoms with Crippen LogP contribution in [0.4, 0.5) is 0 Å². The highest BCUT2D eigenvalue weighted by Crippen LogP contribution is 2.17. The van der Waals surface area contributed by atoms with E-state index < -0.39 is 24.3 Å². The van der Waals surface area contributed by atoms with Gasteiger partial charge in [-0.25, -0.2) is 4.79 Å². The van der Waals surface area contributed by atoms with Crippen LogP contribution in [0.3, 0.4) is 0 Å². The largest absolute Gasteiger partial charge is 0.477 e. The SMILES string of the molecule is CC/C=C\C/C=C\C/C=C\C/C=C\C/C=C\C/C=C\C/C=C\C/C=C\CCCCCCCCCCC(=O)OC(COC(=O)CCCCCCCCCCCCCCCCCCCCCCCC)COC(OCC[N+](C)(C)C)C(=O)O. The van der Waals surface area contributed by atoms with E-state index in [4.69, 9.17) is 18.9 Å². The molecule has 9 nitrogen and oxygen atoms in total. The first kappa shape index (κ1) is 76.2. The van der Waals surface area contributed by atoms with E-state index in [0.717, 1.165) is 96.3 Å². The van der Waals surface area contributed by atoms with Crippen LogP contribution in [0.5, 0.6) is 0 Å². The summed E-state index contributed by atoms with van der Waals surface area (Å²) < 4.78 is 22.9. The first-order chi connectivity index (χ1) is 39.1. The van der Waals surface area contributed by atoms with Gasteiger partial charge in [-0.3, -0.25) is 9.59 Å². The van der Waals surface area contributed by atoms with E-state index in [1.54, 1.807) is 0 Å². The molecule has 0 aromatic heterocycles. The second-order valence-corrected chi connectivity index (χ2v) is 23.1. The molecule has 0 aliphatic carbocycles. The summed E-state index contributed by atoms with van der Waals surface area (Å²) >= 11 is 0. The molecule has 0 radical (unpaired) electrons. The molecule has 0 spiro atoms. The number of hydrogen-bond acceptors (Lipinski definition) is 7. The normalized spacial score (nSPS) is 13.4. The van der Waals surface area contributed by atoms with Crippen LogP contribution < -0.4 is 0 Å². The van der Waals surface area contributed by atoms with Gasteiger partial charge in [0, 0.05) is 12.8 Å². The molecule has 0 rings (SSSR count). The van der Waals surface area contributed by atoms with Gasteiger partial charge in [0.1, 0.15) is 13.2 Å². The molecule has 0 aliphatic heterocycles. The Bertz CT molecular complexity index is 1630. The van der Waals surface area contributed by atoms with Gasteiger partial charge >= 0.3 is 17.9 Å². The second-order valence-electron chi connectivity index (χ2n) is 23.1. The molecule has 80 heavy (non-hydrogen) atoms. The van der Waals surface area contributed by atoms with Crippen molar-refractivity contribution in [3.63, 3.8) is 0 Å². The Balaban J connectivity index is 4.20. The smallest absolute Gasteiger partial charge is 0.361 e. The standard InChI is InChI=1S/C71H123NO8/c1-6-8-10-12-14-16-18-20-22-24-26-28-30-31-32-33-34-35-36-37-38-39-40-42-44-46-48-50-52-54-56-58-60-62-69(74)80-67(66-79-71(70(75)76)77-64-63-72(3,4)5)65-78-68(73)61-59-57-55-53-51-49-47-45-43-41-29-27-25-23-21-19-17-15-13-11-9-7-2/h8,10,14,16,20,22,26,28,31-32,34-35,37-38,40,42,67,71H,6-7,9,11-13,15,17-19,21,23-25,27,29-30,33,36,39,41,43-66H2,1-5H3/p+1/b10-8-,16-14-,22-20-,28-26-,32-31-,35-34-,38-37-,42-40-. The Morgan fingerprint density at radius 3 is 1.06 bits per heavy atom. The lowest BCUT2D eigenvalue weighted by molar-refractivity contribution is -0.870. The van der Waals surface area contributed by atoms with Gasteiger partial charge in [-0.2, -0.15) is 0 Å². The van der Waals surface area contributed by atoms with Crippen LogP contribution in [0, 0.1) is 0 Å². The average Bonchev–Trinajstić information content (AvgIpc) is 3.43. The number of carboxylic acids is 1. The summed E-state index contributed by atoms with van der Waals surface area (Å²) in [7, 11) is 5.97. The number of nitrogens with zero attached hydrogens (tertiary/aromatic N) is 1. The molecule has 1 N–H and O–H groups in total. The number of allylic oxidation sites excluding steroid dienone is 16. The molecule has 2 atom stereocenters. The van der Waals surface area contributed by atoms with E-state index >= 15 is 0 Å². The van der Waals surface area contributed by atoms with E-state index in [9.17, 15) is 19.5 Å². The van der Waals surface area contributed by atoms with Gasteiger partial charge in [-0.15, -0.1) is 0 Å². The summed E-state index contributed by atoms with van der Waals surface area (Å²) in [5.41, 5.74) is 0. The highest BCUT2D eigenvalue weighted by Gasteiger charge is 2.25. The third-order valence-electron chi connectivity index (χ3n) is 14.1. The van der Waals surface area contributed by atoms with Crippen molar-refractivity contribution >= 4 is 17.9 Å². The quantitative estimate of drug-likeness (QED) is 0.0211. The maximum atomic E-state index is 12.9. The monoisotopic (exact) mass is 1120 g/mol. The van der Waals surface area contributed by atoms with Crippen molar-refractivity contribution in [2.45, 2.75) is 289 Å². The van der Waals surface area contributed by atoms with Crippen LogP contribution >= 0.6 is 0 Å². The Morgan fingerprint density at radius 2 is 0.713 bits per heavy atom. The first-order valence-electron chi connectivity index (χ1n) is 32.9. The van der Waals surface area contributed by atoms with Crippen LogP contribution in [-0.4, -0.2) is 87.4 Å². The van der Waals surface area contributed by atoms with Gasteiger partial charge in [0.25, 0.3) is 6.29 Å². The van der Waals surface area contributed by atoms with Crippen molar-refractivity contribution in [3.8, 4) is 0 Å². The fourth-order valence-corrected chi connectivity index (χ4v) is 9.09. The number of esters is 2. The van der Waals surface area contributed by atoms with E-state index in [2.05, 4.69) is 111 Å². The van der Waals surface area contributed by atoms with Gasteiger partial charge in [-0.05, 0) is 77.0 Å². The predicted octanol–water partition coefficient (Wildman–Crippen LogP) is 20.1. The highest BCUT2D eigenvalue weighted by atomic mass is 16.7. The number of ether oxygens (including phenoxy) is 4. The van der Waals surface area contributed by atoms with Crippen LogP contribution in [0.15, 0.2) is 97.2 Å². The summed E-state index contributed by atoms with van der Waals surface area (Å²) in [4.78, 5) is 37.6. The zero-order valence-corrected chi connectivity index (χ0v) is 52.5. The van der Waals surface area contributed by atoms with Gasteiger partial charge in [0.05, 0.1) is 34.4 Å². The number of unbranched alkanes of at least 4 members (excludes halogenated alkanes) is 29. The van der Waals surface area contributed by atoms with E-state index in [1.165, 1.54) is 148 Å². The summed E-state index contributed by atoms with van der Waals surface area (Å²) in [5.74, 6) is -2.01. The second kappa shape index (κ2) is 61.3. The molecule has 0 aromatic carbocycles. The van der Waals surface area contributed by atoms with Crippen LogP contribution in [0.2, 0.25) is 0 Å². The predicted molar refractivity (Wildman–Crippen MR) is 341 cm³/mol. The highest BCUT2D eigenvalue weighted by molar-refractivity contribution is 5.71. The summed E-state index contributed by atoms with van der Waals surface area (Å²) in [6, 6.07) is 0. The summed E-state index contributed by atoms with van der Waals surface area (Å²) in [6.07, 6.45) is 80.7. The fourth-order valence-electron chi connectivity index (χ4n) is 9.09. The number of aliphatic carboxylic acids is 1. The Kier molecular flexibility index (Phi) is 58.4. The van der Waals surface area contributed by atoms with Gasteiger partial charge in [-0.1, -0.05) is 284 Å². The van der Waals surface area contributed by atoms with Crippen molar-refractivity contribution < 1.29 is 42.9 Å². The summed E-state index contributed by atoms with van der Waals surface area (Å²) in [6.45, 7) is 4.78. The van der Waals surface area contributed by atoms with Crippen LogP contribution in [0.25, 0.3) is 0 Å². The van der Waals surface area contributed by atoms with Crippen LogP contribution in [-0.2, 0) is 33.3 Å². The zero-order chi connectivity index (χ0) is 58.3. The molecule has 0 saturated heterocycles. The zero-order valence-electron chi connectivity index (χ0n) is 52.5. The van der Waals surface area contributed by atoms with Gasteiger partial charge in [0.15, 0.2) is 6.10 Å². The van der Waals surface area contributed by atoms with Gasteiger partial charge in [0.2, 0.25) is 0 Å². The molecule has 0 amide bonds. The minimum absolute atomic E-state index is 0.183. The number of quaternary nitrogens is 1. The lowest BCUT2D eigenvalue weighted by Crippen LogP contribution is -2.40. The molecule has 2 unspecified atom stereocenters. The van der Waals surface area contributed by atoms with Crippen LogP contribution in [0.1, 0.15) is 277 Å². The number of hydrogen-bond donors (Lipinski definition) is 1. The number of carbonyl (C=O) groups excluding carboxylic acids is 2. The van der Waals surface area contributed by atoms with Crippen molar-refractivity contribution in [3.05, 3.63) is 97.2 Å². The maximum absolute atomic E-state index is 12.9. The maximum Gasteiger partial charge on any atom is 0.361 e. The number of carbonyl (C=O) groups is 3. The van der Waals surface area contributed by atoms with Crippen molar-refractivity contribution in [2.75, 3.05) is 47.5 Å². The Labute approximate surface area is 492 Å². The number of carboxylic acid groups (broad SMARTS) is 1. The third kappa shape index (κ3) is 61.8. The number of likely N-dealkylation sites (N-methyl/N-ethyl adjacent to an activating group) is 1. The Morgan fingerprint density at radius 1 is 0.388 bits per heavy atom. The van der Waals surface area contributed by atoms with E-state index in [1.807, 2.05) is 21.1 Å². The van der Waals surface area contributed by atoms with Crippen molar-refractivity contribution in [1.82, 2.24) is 0 Å². The van der Waals surface area contributed by atoms with Gasteiger partial charge < -0.3 is 28.5 Å². The number of rotatable bonds is 60. The molecular formula is C71H124NO8+. The minimum atomic E-state index is -1.52. The molecule has 0 heterocycles. The molecule has 9 heteroatoms. The molecule has 0 fully saturated rings. The minimum Gasteiger partial charge on any atom is -0.477 e. The lowest BCUT2D eigenvalue weighted by atomic mass is 10.0. The lowest BCUT2D eigenvalue weighted by Gasteiger charge is -2.25. The average molecular weight is 1120 g/mol. The molecule has 0 aliphatic rings.